The van der Waals surface area contributed by atoms with E-state index in [4.69, 9.17) is 28.4 Å². The summed E-state index contributed by atoms with van der Waals surface area (Å²) < 4.78 is 32.4. The minimum Gasteiger partial charge on any atom is -0.459 e. The van der Waals surface area contributed by atoms with Gasteiger partial charge in [-0.25, -0.2) is 4.79 Å². The van der Waals surface area contributed by atoms with Crippen molar-refractivity contribution in [1.82, 2.24) is 0 Å². The zero-order valence-corrected chi connectivity index (χ0v) is 19.3. The summed E-state index contributed by atoms with van der Waals surface area (Å²) >= 11 is 0. The highest BCUT2D eigenvalue weighted by molar-refractivity contribution is 5.90. The van der Waals surface area contributed by atoms with E-state index in [2.05, 4.69) is 0 Å². The van der Waals surface area contributed by atoms with Gasteiger partial charge in [0.1, 0.15) is 12.7 Å². The van der Waals surface area contributed by atoms with E-state index in [1.165, 1.54) is 21.0 Å². The Bertz CT molecular complexity index is 958. The van der Waals surface area contributed by atoms with Crippen LogP contribution in [0.4, 0.5) is 0 Å². The Morgan fingerprint density at radius 3 is 2.09 bits per heavy atom. The molecule has 9 heteroatoms. The monoisotopic (exact) mass is 472 g/mol. The van der Waals surface area contributed by atoms with Crippen LogP contribution in [0.25, 0.3) is 11.1 Å². The fourth-order valence-corrected chi connectivity index (χ4v) is 3.53. The first kappa shape index (κ1) is 25.4. The molecule has 0 aliphatic carbocycles. The molecule has 0 radical (unpaired) electrons. The Hall–Kier alpha value is -3.27. The molecule has 0 bridgehead atoms. The van der Waals surface area contributed by atoms with Crippen LogP contribution in [0.15, 0.2) is 54.6 Å². The van der Waals surface area contributed by atoms with E-state index in [9.17, 15) is 14.4 Å². The molecular weight excluding hydrogens is 444 g/mol. The van der Waals surface area contributed by atoms with Gasteiger partial charge in [0.2, 0.25) is 6.29 Å². The van der Waals surface area contributed by atoms with E-state index in [1.54, 1.807) is 12.1 Å². The first-order valence-electron chi connectivity index (χ1n) is 10.8. The Morgan fingerprint density at radius 2 is 1.47 bits per heavy atom. The second-order valence-electron chi connectivity index (χ2n) is 7.60. The molecule has 1 aliphatic rings. The molecule has 2 aromatic carbocycles. The van der Waals surface area contributed by atoms with E-state index in [1.807, 2.05) is 42.5 Å². The number of hydrogen-bond donors (Lipinski definition) is 0. The summed E-state index contributed by atoms with van der Waals surface area (Å²) in [6.45, 7) is 2.65. The van der Waals surface area contributed by atoms with Crippen molar-refractivity contribution in [3.8, 4) is 11.1 Å². The second-order valence-corrected chi connectivity index (χ2v) is 7.60. The van der Waals surface area contributed by atoms with Gasteiger partial charge in [-0.1, -0.05) is 42.5 Å². The Kier molecular flexibility index (Phi) is 9.15. The van der Waals surface area contributed by atoms with Gasteiger partial charge in [0.15, 0.2) is 12.2 Å². The topological polar surface area (TPSA) is 107 Å². The van der Waals surface area contributed by atoms with Crippen molar-refractivity contribution in [2.24, 2.45) is 0 Å². The Morgan fingerprint density at radius 1 is 0.824 bits per heavy atom. The summed E-state index contributed by atoms with van der Waals surface area (Å²) in [5, 5.41) is 0. The summed E-state index contributed by atoms with van der Waals surface area (Å²) in [5.41, 5.74) is 2.35. The predicted molar refractivity (Wildman–Crippen MR) is 120 cm³/mol. The second kappa shape index (κ2) is 12.3. The van der Waals surface area contributed by atoms with E-state index >= 15 is 0 Å². The number of ether oxygens (including phenoxy) is 6. The summed E-state index contributed by atoms with van der Waals surface area (Å²) in [5.74, 6) is -1.74. The van der Waals surface area contributed by atoms with Crippen LogP contribution in [0.3, 0.4) is 0 Å². The highest BCUT2D eigenvalue weighted by Crippen LogP contribution is 2.29. The minimum absolute atomic E-state index is 0.153. The van der Waals surface area contributed by atoms with Crippen molar-refractivity contribution in [2.75, 3.05) is 26.9 Å². The van der Waals surface area contributed by atoms with Crippen LogP contribution in [-0.4, -0.2) is 69.4 Å². The van der Waals surface area contributed by atoms with Crippen molar-refractivity contribution < 1.29 is 42.8 Å². The highest BCUT2D eigenvalue weighted by Gasteiger charge is 2.50. The minimum atomic E-state index is -1.13. The summed E-state index contributed by atoms with van der Waals surface area (Å²) in [6.07, 6.45) is -3.88. The molecule has 1 saturated heterocycles. The van der Waals surface area contributed by atoms with Crippen LogP contribution in [-0.2, 0) is 38.0 Å². The molecule has 0 amide bonds. The molecule has 1 aliphatic heterocycles. The Labute approximate surface area is 197 Å². The summed E-state index contributed by atoms with van der Waals surface area (Å²) in [6, 6.07) is 16.8. The quantitative estimate of drug-likeness (QED) is 0.293. The summed E-state index contributed by atoms with van der Waals surface area (Å²) in [4.78, 5) is 35.8. The van der Waals surface area contributed by atoms with Crippen molar-refractivity contribution in [3.63, 3.8) is 0 Å². The molecule has 0 aromatic heterocycles. The fraction of sp³-hybridized carbons (Fsp3) is 0.400. The molecule has 0 saturated carbocycles. The molecule has 182 valence electrons. The molecule has 0 spiro atoms. The zero-order valence-electron chi connectivity index (χ0n) is 19.3. The van der Waals surface area contributed by atoms with Crippen LogP contribution in [0.5, 0.6) is 0 Å². The number of carbonyl (C=O) groups is 3. The van der Waals surface area contributed by atoms with Crippen molar-refractivity contribution in [2.45, 2.75) is 38.4 Å². The van der Waals surface area contributed by atoms with Gasteiger partial charge in [0, 0.05) is 21.0 Å². The van der Waals surface area contributed by atoms with E-state index in [0.29, 0.717) is 5.56 Å². The van der Waals surface area contributed by atoms with Gasteiger partial charge in [-0.3, -0.25) is 9.59 Å². The van der Waals surface area contributed by atoms with Crippen LogP contribution in [0.1, 0.15) is 24.2 Å². The maximum atomic E-state index is 12.6. The van der Waals surface area contributed by atoms with Crippen LogP contribution < -0.4 is 0 Å². The molecule has 0 N–H and O–H groups in total. The molecule has 3 rings (SSSR count). The number of methoxy groups -OCH3 is 1. The highest BCUT2D eigenvalue weighted by atomic mass is 16.7. The number of carbonyl (C=O) groups excluding carboxylic acids is 3. The first-order chi connectivity index (χ1) is 16.4. The third-order valence-electron chi connectivity index (χ3n) is 5.06. The summed E-state index contributed by atoms with van der Waals surface area (Å²) in [7, 11) is 1.51. The third kappa shape index (κ3) is 6.86. The first-order valence-corrected chi connectivity index (χ1v) is 10.8. The molecule has 1 fully saturated rings. The smallest absolute Gasteiger partial charge is 0.338 e. The lowest BCUT2D eigenvalue weighted by atomic mass is 10.0. The van der Waals surface area contributed by atoms with Gasteiger partial charge < -0.3 is 28.4 Å². The van der Waals surface area contributed by atoms with Gasteiger partial charge in [-0.2, -0.15) is 0 Å². The maximum Gasteiger partial charge on any atom is 0.338 e. The average Bonchev–Trinajstić information content (AvgIpc) is 3.13. The van der Waals surface area contributed by atoms with E-state index in [-0.39, 0.29) is 19.8 Å². The lowest BCUT2D eigenvalue weighted by Crippen LogP contribution is -2.41. The third-order valence-corrected chi connectivity index (χ3v) is 5.06. The van der Waals surface area contributed by atoms with E-state index < -0.39 is 42.5 Å². The van der Waals surface area contributed by atoms with Gasteiger partial charge in [-0.15, -0.1) is 0 Å². The van der Waals surface area contributed by atoms with Crippen molar-refractivity contribution in [1.29, 1.82) is 0 Å². The zero-order chi connectivity index (χ0) is 24.5. The predicted octanol–water partition coefficient (Wildman–Crippen LogP) is 2.76. The SMILES string of the molecule is COCCO[C@H]1[C@H](OC(C)=O)O[C@H](COC(=O)c2ccc(-c3ccccc3)cc2)[C@H]1OC(C)=O. The lowest BCUT2D eigenvalue weighted by molar-refractivity contribution is -0.194. The number of hydrogen-bond acceptors (Lipinski definition) is 9. The normalized spacial score (nSPS) is 21.6. The average molecular weight is 472 g/mol. The van der Waals surface area contributed by atoms with Crippen LogP contribution in [0.2, 0.25) is 0 Å². The van der Waals surface area contributed by atoms with Crippen molar-refractivity contribution in [3.05, 3.63) is 60.2 Å². The maximum absolute atomic E-state index is 12.6. The van der Waals surface area contributed by atoms with Gasteiger partial charge in [0.05, 0.1) is 18.8 Å². The standard InChI is InChI=1S/C25H28O9/c1-16(26)32-22-21(34-25(33-17(2)27)23(22)30-14-13-29-3)15-31-24(28)20-11-9-19(10-12-20)18-7-5-4-6-8-18/h4-12,21-23,25H,13-15H2,1-3H3/t21-,22-,23-,25-/m1/s1. The molecule has 9 nitrogen and oxygen atoms in total. The number of benzene rings is 2. The van der Waals surface area contributed by atoms with Crippen LogP contribution >= 0.6 is 0 Å². The molecule has 4 atom stereocenters. The lowest BCUT2D eigenvalue weighted by Gasteiger charge is -2.23. The molecule has 2 aromatic rings. The van der Waals surface area contributed by atoms with Gasteiger partial charge >= 0.3 is 17.9 Å². The van der Waals surface area contributed by atoms with Crippen LogP contribution in [0, 0.1) is 0 Å². The molecule has 34 heavy (non-hydrogen) atoms. The largest absolute Gasteiger partial charge is 0.459 e. The molecule has 1 heterocycles. The number of rotatable bonds is 10. The molecular formula is C25H28O9. The van der Waals surface area contributed by atoms with Crippen molar-refractivity contribution >= 4 is 17.9 Å². The van der Waals surface area contributed by atoms with E-state index in [0.717, 1.165) is 11.1 Å². The van der Waals surface area contributed by atoms with Gasteiger partial charge in [0.25, 0.3) is 0 Å². The molecule has 0 unspecified atom stereocenters. The Balaban J connectivity index is 1.67. The number of esters is 3. The van der Waals surface area contributed by atoms with Gasteiger partial charge in [-0.05, 0) is 23.3 Å². The fourth-order valence-electron chi connectivity index (χ4n) is 3.53.